The summed E-state index contributed by atoms with van der Waals surface area (Å²) >= 11 is 0. The Balaban J connectivity index is 2.40. The van der Waals surface area contributed by atoms with Crippen LogP contribution in [0, 0.1) is 0 Å². The molecule has 3 nitrogen and oxygen atoms in total. The van der Waals surface area contributed by atoms with Crippen molar-refractivity contribution in [1.29, 1.82) is 0 Å². The summed E-state index contributed by atoms with van der Waals surface area (Å²) in [5, 5.41) is 0. The largest absolute Gasteiger partial charge is 0.340 e. The molecule has 1 fully saturated rings. The van der Waals surface area contributed by atoms with E-state index in [9.17, 15) is 13.6 Å². The van der Waals surface area contributed by atoms with Crippen molar-refractivity contribution in [1.82, 2.24) is 4.90 Å². The summed E-state index contributed by atoms with van der Waals surface area (Å²) in [6.07, 6.45) is 1.42. The fourth-order valence-electron chi connectivity index (χ4n) is 2.00. The highest BCUT2D eigenvalue weighted by molar-refractivity contribution is 5.77. The number of hydrogen-bond donors (Lipinski definition) is 1. The second-order valence-electron chi connectivity index (χ2n) is 4.41. The molecular weight excluding hydrogens is 202 g/mol. The molecule has 0 atom stereocenters. The maximum absolute atomic E-state index is 12.0. The molecule has 1 amide bonds. The van der Waals surface area contributed by atoms with E-state index in [0.29, 0.717) is 0 Å². The summed E-state index contributed by atoms with van der Waals surface area (Å²) in [5.74, 6) is -0.278. The van der Waals surface area contributed by atoms with Crippen LogP contribution in [0.4, 0.5) is 8.78 Å². The molecule has 0 saturated heterocycles. The van der Waals surface area contributed by atoms with Gasteiger partial charge in [-0.15, -0.1) is 0 Å². The number of carbonyl (C=O) groups is 1. The van der Waals surface area contributed by atoms with Crippen LogP contribution in [0.5, 0.6) is 0 Å². The minimum absolute atomic E-state index is 0.191. The Labute approximate surface area is 88.6 Å². The number of halogens is 2. The predicted molar refractivity (Wildman–Crippen MR) is 53.6 cm³/mol. The van der Waals surface area contributed by atoms with Gasteiger partial charge in [0.05, 0.1) is 6.54 Å². The first-order valence-electron chi connectivity index (χ1n) is 5.24. The molecule has 0 radical (unpaired) electrons. The highest BCUT2D eigenvalue weighted by Crippen LogP contribution is 2.30. The second kappa shape index (κ2) is 4.88. The molecule has 2 N–H and O–H groups in total. The topological polar surface area (TPSA) is 46.3 Å². The van der Waals surface area contributed by atoms with Gasteiger partial charge in [-0.05, 0) is 12.8 Å². The molecule has 1 aliphatic carbocycles. The molecule has 1 saturated carbocycles. The Bertz CT molecular complexity index is 227. The average Bonchev–Trinajstić information content (AvgIpc) is 2.50. The summed E-state index contributed by atoms with van der Waals surface area (Å²) in [6, 6.07) is 0. The SMILES string of the molecule is CN(CC(F)F)C(=O)CC1(N)CCCC1. The van der Waals surface area contributed by atoms with Crippen molar-refractivity contribution in [3.8, 4) is 0 Å². The fourth-order valence-corrected chi connectivity index (χ4v) is 2.00. The predicted octanol–water partition coefficient (Wildman–Crippen LogP) is 1.37. The minimum Gasteiger partial charge on any atom is -0.340 e. The molecule has 0 bridgehead atoms. The van der Waals surface area contributed by atoms with Crippen molar-refractivity contribution in [2.45, 2.75) is 44.1 Å². The molecule has 15 heavy (non-hydrogen) atoms. The van der Waals surface area contributed by atoms with E-state index in [-0.39, 0.29) is 12.3 Å². The van der Waals surface area contributed by atoms with Gasteiger partial charge in [-0.25, -0.2) is 8.78 Å². The molecule has 1 rings (SSSR count). The highest BCUT2D eigenvalue weighted by atomic mass is 19.3. The summed E-state index contributed by atoms with van der Waals surface area (Å²) < 4.78 is 24.1. The van der Waals surface area contributed by atoms with E-state index in [4.69, 9.17) is 5.73 Å². The minimum atomic E-state index is -2.48. The Morgan fingerprint density at radius 2 is 2.00 bits per heavy atom. The normalized spacial score (nSPS) is 19.5. The number of alkyl halides is 2. The van der Waals surface area contributed by atoms with Gasteiger partial charge in [0, 0.05) is 19.0 Å². The van der Waals surface area contributed by atoms with Crippen molar-refractivity contribution in [2.75, 3.05) is 13.6 Å². The van der Waals surface area contributed by atoms with Crippen LogP contribution in [0.25, 0.3) is 0 Å². The number of nitrogens with two attached hydrogens (primary N) is 1. The van der Waals surface area contributed by atoms with Gasteiger partial charge < -0.3 is 10.6 Å². The van der Waals surface area contributed by atoms with Crippen LogP contribution in [0.2, 0.25) is 0 Å². The van der Waals surface area contributed by atoms with Crippen LogP contribution >= 0.6 is 0 Å². The Hall–Kier alpha value is -0.710. The van der Waals surface area contributed by atoms with E-state index in [2.05, 4.69) is 0 Å². The van der Waals surface area contributed by atoms with Crippen LogP contribution in [0.1, 0.15) is 32.1 Å². The van der Waals surface area contributed by atoms with Crippen LogP contribution in [0.15, 0.2) is 0 Å². The molecule has 88 valence electrons. The molecule has 1 aliphatic rings. The number of rotatable bonds is 4. The molecular formula is C10H18F2N2O. The van der Waals surface area contributed by atoms with Gasteiger partial charge in [-0.2, -0.15) is 0 Å². The Morgan fingerprint density at radius 1 is 1.47 bits per heavy atom. The molecule has 0 aromatic rings. The van der Waals surface area contributed by atoms with Crippen LogP contribution < -0.4 is 5.73 Å². The average molecular weight is 220 g/mol. The zero-order valence-corrected chi connectivity index (χ0v) is 9.01. The van der Waals surface area contributed by atoms with E-state index in [1.54, 1.807) is 0 Å². The lowest BCUT2D eigenvalue weighted by Gasteiger charge is -2.26. The summed E-state index contributed by atoms with van der Waals surface area (Å²) in [7, 11) is 1.40. The quantitative estimate of drug-likeness (QED) is 0.777. The van der Waals surface area contributed by atoms with Gasteiger partial charge in [-0.1, -0.05) is 12.8 Å². The summed E-state index contributed by atoms with van der Waals surface area (Å²) in [5.41, 5.74) is 5.54. The Kier molecular flexibility index (Phi) is 4.02. The number of hydrogen-bond acceptors (Lipinski definition) is 2. The zero-order valence-electron chi connectivity index (χ0n) is 9.01. The molecule has 0 spiro atoms. The van der Waals surface area contributed by atoms with E-state index >= 15 is 0 Å². The first kappa shape index (κ1) is 12.4. The van der Waals surface area contributed by atoms with Gasteiger partial charge in [0.25, 0.3) is 6.43 Å². The number of amides is 1. The molecule has 0 aromatic heterocycles. The first-order valence-corrected chi connectivity index (χ1v) is 5.24. The molecule has 0 unspecified atom stereocenters. The van der Waals surface area contributed by atoms with Crippen LogP contribution in [0.3, 0.4) is 0 Å². The summed E-state index contributed by atoms with van der Waals surface area (Å²) in [4.78, 5) is 12.6. The van der Waals surface area contributed by atoms with Crippen molar-refractivity contribution < 1.29 is 13.6 Å². The third-order valence-electron chi connectivity index (χ3n) is 2.94. The van der Waals surface area contributed by atoms with Gasteiger partial charge in [0.1, 0.15) is 0 Å². The third kappa shape index (κ3) is 3.74. The van der Waals surface area contributed by atoms with E-state index in [1.807, 2.05) is 0 Å². The second-order valence-corrected chi connectivity index (χ2v) is 4.41. The van der Waals surface area contributed by atoms with Crippen molar-refractivity contribution >= 4 is 5.91 Å². The van der Waals surface area contributed by atoms with Gasteiger partial charge >= 0.3 is 0 Å². The molecule has 0 aliphatic heterocycles. The first-order chi connectivity index (χ1) is 6.93. The van der Waals surface area contributed by atoms with Crippen molar-refractivity contribution in [3.05, 3.63) is 0 Å². The summed E-state index contributed by atoms with van der Waals surface area (Å²) in [6.45, 7) is -0.505. The lowest BCUT2D eigenvalue weighted by Crippen LogP contribution is -2.43. The lowest BCUT2D eigenvalue weighted by molar-refractivity contribution is -0.132. The van der Waals surface area contributed by atoms with E-state index in [0.717, 1.165) is 30.6 Å². The van der Waals surface area contributed by atoms with Crippen LogP contribution in [-0.2, 0) is 4.79 Å². The number of carbonyl (C=O) groups excluding carboxylic acids is 1. The monoisotopic (exact) mass is 220 g/mol. The zero-order chi connectivity index (χ0) is 11.5. The van der Waals surface area contributed by atoms with Gasteiger partial charge in [0.15, 0.2) is 0 Å². The Morgan fingerprint density at radius 3 is 2.47 bits per heavy atom. The number of nitrogens with zero attached hydrogens (tertiary/aromatic N) is 1. The maximum atomic E-state index is 12.0. The molecule has 0 aromatic carbocycles. The highest BCUT2D eigenvalue weighted by Gasteiger charge is 2.32. The third-order valence-corrected chi connectivity index (χ3v) is 2.94. The molecule has 5 heteroatoms. The van der Waals surface area contributed by atoms with Gasteiger partial charge in [-0.3, -0.25) is 4.79 Å². The smallest absolute Gasteiger partial charge is 0.255 e. The van der Waals surface area contributed by atoms with Gasteiger partial charge in [0.2, 0.25) is 5.91 Å². The maximum Gasteiger partial charge on any atom is 0.255 e. The van der Waals surface area contributed by atoms with E-state index < -0.39 is 18.5 Å². The van der Waals surface area contributed by atoms with Crippen molar-refractivity contribution in [2.24, 2.45) is 5.73 Å². The van der Waals surface area contributed by atoms with Crippen molar-refractivity contribution in [3.63, 3.8) is 0 Å². The van der Waals surface area contributed by atoms with Crippen LogP contribution in [-0.4, -0.2) is 36.4 Å². The standard InChI is InChI=1S/C10H18F2N2O/c1-14(7-8(11)12)9(15)6-10(13)4-2-3-5-10/h8H,2-7,13H2,1H3. The lowest BCUT2D eigenvalue weighted by atomic mass is 9.94. The molecule has 0 heterocycles. The van der Waals surface area contributed by atoms with E-state index in [1.165, 1.54) is 7.05 Å². The fraction of sp³-hybridized carbons (Fsp3) is 0.900.